The topological polar surface area (TPSA) is 195 Å². The summed E-state index contributed by atoms with van der Waals surface area (Å²) in [5, 5.41) is 2.02. The van der Waals surface area contributed by atoms with Gasteiger partial charge in [-0.25, -0.2) is 18.0 Å². The number of benzene rings is 1. The van der Waals surface area contributed by atoms with E-state index < -0.39 is 69.0 Å². The average Bonchev–Trinajstić information content (AvgIpc) is 3.71. The van der Waals surface area contributed by atoms with Crippen molar-refractivity contribution >= 4 is 39.9 Å². The number of fused-ring (bicyclic) bond motifs is 1. The third-order valence-electron chi connectivity index (χ3n) is 9.71. The minimum absolute atomic E-state index is 0.0291. The number of likely N-dealkylation sites (tertiary alicyclic amines) is 1. The number of sulfonamides is 1. The van der Waals surface area contributed by atoms with Gasteiger partial charge in [-0.3, -0.25) is 19.1 Å². The Bertz CT molecular complexity index is 1540. The van der Waals surface area contributed by atoms with Crippen molar-refractivity contribution in [2.75, 3.05) is 13.1 Å². The first-order valence-electron chi connectivity index (χ1n) is 18.1. The molecule has 0 unspecified atom stereocenters. The van der Waals surface area contributed by atoms with Crippen molar-refractivity contribution in [3.8, 4) is 0 Å². The van der Waals surface area contributed by atoms with Gasteiger partial charge in [0.2, 0.25) is 27.7 Å². The second-order valence-electron chi connectivity index (χ2n) is 15.3. The van der Waals surface area contributed by atoms with Gasteiger partial charge in [-0.05, 0) is 77.3 Å². The van der Waals surface area contributed by atoms with Crippen molar-refractivity contribution in [3.63, 3.8) is 0 Å². The molecular formula is C36H55N5O9S. The smallest absolute Gasteiger partial charge is 0.410 e. The average molecular weight is 734 g/mol. The number of unbranched alkanes of at least 4 members (excludes halogenated alkanes) is 4. The molecule has 0 bridgehead atoms. The van der Waals surface area contributed by atoms with Crippen LogP contribution < -0.4 is 15.8 Å². The van der Waals surface area contributed by atoms with Crippen LogP contribution in [0.3, 0.4) is 0 Å². The fourth-order valence-electron chi connectivity index (χ4n) is 6.68. The summed E-state index contributed by atoms with van der Waals surface area (Å²) in [6.45, 7) is 9.09. The summed E-state index contributed by atoms with van der Waals surface area (Å²) in [6.07, 6.45) is 4.62. The summed E-state index contributed by atoms with van der Waals surface area (Å²) in [4.78, 5) is 67.5. The van der Waals surface area contributed by atoms with E-state index in [1.54, 1.807) is 25.7 Å². The van der Waals surface area contributed by atoms with Crippen molar-refractivity contribution in [1.29, 1.82) is 0 Å². The summed E-state index contributed by atoms with van der Waals surface area (Å²) >= 11 is 0. The number of ether oxygens (including phenoxy) is 2. The van der Waals surface area contributed by atoms with Crippen molar-refractivity contribution in [1.82, 2.24) is 19.8 Å². The van der Waals surface area contributed by atoms with E-state index in [2.05, 4.69) is 10.0 Å². The van der Waals surface area contributed by atoms with Crippen LogP contribution in [-0.4, -0.2) is 90.3 Å². The summed E-state index contributed by atoms with van der Waals surface area (Å²) in [6, 6.07) is 5.92. The van der Waals surface area contributed by atoms with Crippen LogP contribution in [0.15, 0.2) is 24.3 Å². The van der Waals surface area contributed by atoms with Crippen molar-refractivity contribution < 1.29 is 41.9 Å². The molecule has 0 radical (unpaired) electrons. The summed E-state index contributed by atoms with van der Waals surface area (Å²) in [5.41, 5.74) is 7.16. The fourth-order valence-corrected chi connectivity index (χ4v) is 7.35. The SMILES string of the molecule is CC(C)S(=O)(=O)NC(=O)[C@H]1C[C@H]1CCCCCCC[C@H](NC(=O)OC(C)(C)C)C(=O)N1C[C@H](OC(=O)N2CCc3ccccc3C2)C[C@H]1C(N)=O. The number of amides is 5. The number of rotatable bonds is 15. The van der Waals surface area contributed by atoms with E-state index >= 15 is 0 Å². The van der Waals surface area contributed by atoms with Gasteiger partial charge in [0, 0.05) is 25.4 Å². The number of primary amides is 1. The molecule has 284 valence electrons. The molecule has 15 heteroatoms. The van der Waals surface area contributed by atoms with Crippen LogP contribution in [-0.2, 0) is 46.8 Å². The lowest BCUT2D eigenvalue weighted by Crippen LogP contribution is -2.53. The van der Waals surface area contributed by atoms with Gasteiger partial charge < -0.3 is 30.3 Å². The molecule has 1 saturated carbocycles. The maximum atomic E-state index is 13.9. The lowest BCUT2D eigenvalue weighted by atomic mass is 10.0. The summed E-state index contributed by atoms with van der Waals surface area (Å²) in [7, 11) is -3.63. The molecule has 0 aromatic heterocycles. The number of alkyl carbamates (subject to hydrolysis) is 1. The minimum Gasteiger partial charge on any atom is -0.444 e. The van der Waals surface area contributed by atoms with E-state index in [4.69, 9.17) is 15.2 Å². The molecule has 0 spiro atoms. The van der Waals surface area contributed by atoms with E-state index in [1.165, 1.54) is 24.3 Å². The number of nitrogens with two attached hydrogens (primary N) is 1. The lowest BCUT2D eigenvalue weighted by Gasteiger charge is -2.29. The number of carbonyl (C=O) groups excluding carboxylic acids is 5. The van der Waals surface area contributed by atoms with Crippen LogP contribution in [0.4, 0.5) is 9.59 Å². The van der Waals surface area contributed by atoms with Crippen molar-refractivity contribution in [2.24, 2.45) is 17.6 Å². The Balaban J connectivity index is 1.27. The van der Waals surface area contributed by atoms with Gasteiger partial charge in [0.1, 0.15) is 23.8 Å². The first-order chi connectivity index (χ1) is 23.9. The van der Waals surface area contributed by atoms with Crippen LogP contribution >= 0.6 is 0 Å². The van der Waals surface area contributed by atoms with Gasteiger partial charge in [0.05, 0.1) is 11.8 Å². The van der Waals surface area contributed by atoms with Gasteiger partial charge in [0.25, 0.3) is 0 Å². The Labute approximate surface area is 301 Å². The van der Waals surface area contributed by atoms with Crippen LogP contribution in [0.1, 0.15) is 104 Å². The summed E-state index contributed by atoms with van der Waals surface area (Å²) < 4.78 is 37.4. The van der Waals surface area contributed by atoms with Gasteiger partial charge in [0.15, 0.2) is 0 Å². The van der Waals surface area contributed by atoms with E-state index in [1.807, 2.05) is 24.3 Å². The van der Waals surface area contributed by atoms with Gasteiger partial charge in [-0.15, -0.1) is 0 Å². The van der Waals surface area contributed by atoms with Crippen molar-refractivity contribution in [3.05, 3.63) is 35.4 Å². The summed E-state index contributed by atoms with van der Waals surface area (Å²) in [5.74, 6) is -1.71. The molecule has 5 atom stereocenters. The highest BCUT2D eigenvalue weighted by Crippen LogP contribution is 2.42. The van der Waals surface area contributed by atoms with Gasteiger partial charge in [-0.2, -0.15) is 0 Å². The third-order valence-corrected chi connectivity index (χ3v) is 11.4. The largest absolute Gasteiger partial charge is 0.444 e. The maximum absolute atomic E-state index is 13.9. The van der Waals surface area contributed by atoms with Crippen LogP contribution in [0, 0.1) is 11.8 Å². The molecule has 1 aromatic carbocycles. The monoisotopic (exact) mass is 733 g/mol. The van der Waals surface area contributed by atoms with E-state index in [-0.39, 0.29) is 24.8 Å². The van der Waals surface area contributed by atoms with E-state index in [0.717, 1.165) is 37.7 Å². The molecule has 4 rings (SSSR count). The molecule has 1 aliphatic carbocycles. The first-order valence-corrected chi connectivity index (χ1v) is 19.7. The Morgan fingerprint density at radius 3 is 2.31 bits per heavy atom. The predicted octanol–water partition coefficient (Wildman–Crippen LogP) is 3.75. The van der Waals surface area contributed by atoms with Crippen LogP contribution in [0.25, 0.3) is 0 Å². The zero-order valence-corrected chi connectivity index (χ0v) is 31.3. The number of carbonyl (C=O) groups is 5. The molecule has 14 nitrogen and oxygen atoms in total. The molecule has 3 aliphatic rings. The number of nitrogens with one attached hydrogen (secondary N) is 2. The molecule has 51 heavy (non-hydrogen) atoms. The second-order valence-corrected chi connectivity index (χ2v) is 17.5. The highest BCUT2D eigenvalue weighted by molar-refractivity contribution is 7.90. The van der Waals surface area contributed by atoms with Crippen LogP contribution in [0.2, 0.25) is 0 Å². The molecule has 1 aromatic rings. The standard InChI is InChI=1S/C36H55N5O9S/c1-23(2)51(47,48)39-32(43)28-19-25(28)14-9-7-6-8-10-16-29(38-34(45)50-36(3,4)5)33(44)41-22-27(20-30(41)31(37)42)49-35(46)40-18-17-24-13-11-12-15-26(24)21-40/h11-13,15,23,25,27-30H,6-10,14,16-22H2,1-5H3,(H2,37,42)(H,38,45)(H,39,43)/t25-,27-,28+,29+,30+/m1/s1. The number of hydrogen-bond acceptors (Lipinski definition) is 9. The van der Waals surface area contributed by atoms with E-state index in [9.17, 15) is 32.4 Å². The van der Waals surface area contributed by atoms with Gasteiger partial charge >= 0.3 is 12.2 Å². The first kappa shape index (κ1) is 39.9. The normalized spacial score (nSPS) is 22.2. The Morgan fingerprint density at radius 1 is 0.980 bits per heavy atom. The Morgan fingerprint density at radius 2 is 1.65 bits per heavy atom. The van der Waals surface area contributed by atoms with Crippen molar-refractivity contribution in [2.45, 2.75) is 134 Å². The molecule has 1 saturated heterocycles. The van der Waals surface area contributed by atoms with Crippen LogP contribution in [0.5, 0.6) is 0 Å². The molecule has 2 fully saturated rings. The molecule has 2 heterocycles. The van der Waals surface area contributed by atoms with E-state index in [0.29, 0.717) is 38.8 Å². The maximum Gasteiger partial charge on any atom is 0.410 e. The molecule has 5 amide bonds. The number of nitrogens with zero attached hydrogens (tertiary/aromatic N) is 2. The second kappa shape index (κ2) is 17.1. The minimum atomic E-state index is -3.63. The lowest BCUT2D eigenvalue weighted by molar-refractivity contribution is -0.139. The Kier molecular flexibility index (Phi) is 13.4. The fraction of sp³-hybridized carbons (Fsp3) is 0.694. The zero-order valence-electron chi connectivity index (χ0n) is 30.5. The Hall–Kier alpha value is -3.88. The third kappa shape index (κ3) is 11.6. The highest BCUT2D eigenvalue weighted by atomic mass is 32.2. The molecule has 4 N–H and O–H groups in total. The predicted molar refractivity (Wildman–Crippen MR) is 189 cm³/mol. The molecule has 2 aliphatic heterocycles. The molecular weight excluding hydrogens is 678 g/mol. The van der Waals surface area contributed by atoms with Gasteiger partial charge in [-0.1, -0.05) is 56.4 Å². The zero-order chi connectivity index (χ0) is 37.5. The quantitative estimate of drug-likeness (QED) is 0.225. The highest BCUT2D eigenvalue weighted by Gasteiger charge is 2.44. The number of hydrogen-bond donors (Lipinski definition) is 3.